The molecule has 0 N–H and O–H groups in total. The molecular formula is C12H12O. The Hall–Kier alpha value is -1.68. The summed E-state index contributed by atoms with van der Waals surface area (Å²) < 4.78 is 5.23. The summed E-state index contributed by atoms with van der Waals surface area (Å²) >= 11 is 0. The smallest absolute Gasteiger partial charge is 0.148 e. The summed E-state index contributed by atoms with van der Waals surface area (Å²) in [5.41, 5.74) is 1.16. The number of hydrogen-bond acceptors (Lipinski definition) is 1. The average Bonchev–Trinajstić information content (AvgIpc) is 2.17. The van der Waals surface area contributed by atoms with Crippen molar-refractivity contribution in [3.05, 3.63) is 35.9 Å². The molecule has 0 spiro atoms. The number of hydrogen-bond donors (Lipinski definition) is 0. The van der Waals surface area contributed by atoms with E-state index in [4.69, 9.17) is 11.2 Å². The number of allylic oxidation sites excluding steroid dienone is 1. The molecule has 1 nitrogen and oxygen atoms in total. The van der Waals surface area contributed by atoms with Crippen LogP contribution in [0.2, 0.25) is 0 Å². The van der Waals surface area contributed by atoms with Gasteiger partial charge < -0.3 is 4.74 Å². The fourth-order valence-corrected chi connectivity index (χ4v) is 0.993. The Balaban J connectivity index is 2.65. The first-order valence-electron chi connectivity index (χ1n) is 4.16. The lowest BCUT2D eigenvalue weighted by atomic mass is 10.2. The van der Waals surface area contributed by atoms with E-state index in [1.165, 1.54) is 0 Å². The van der Waals surface area contributed by atoms with Crippen molar-refractivity contribution in [2.75, 3.05) is 6.61 Å². The van der Waals surface area contributed by atoms with E-state index in [0.717, 1.165) is 11.3 Å². The average molecular weight is 172 g/mol. The topological polar surface area (TPSA) is 9.23 Å². The highest BCUT2D eigenvalue weighted by Crippen LogP contribution is 2.12. The van der Waals surface area contributed by atoms with E-state index < -0.39 is 0 Å². The molecule has 1 aromatic rings. The van der Waals surface area contributed by atoms with Crippen LogP contribution in [0.5, 0.6) is 5.75 Å². The second-order valence-corrected chi connectivity index (χ2v) is 2.56. The van der Waals surface area contributed by atoms with Crippen molar-refractivity contribution in [3.8, 4) is 18.1 Å². The minimum absolute atomic E-state index is 0.322. The predicted molar refractivity (Wildman–Crippen MR) is 55.5 cm³/mol. The van der Waals surface area contributed by atoms with Crippen LogP contribution in [0.25, 0.3) is 6.08 Å². The van der Waals surface area contributed by atoms with Gasteiger partial charge in [0.1, 0.15) is 12.4 Å². The lowest BCUT2D eigenvalue weighted by Crippen LogP contribution is -1.92. The van der Waals surface area contributed by atoms with Gasteiger partial charge in [-0.1, -0.05) is 30.2 Å². The Bertz CT molecular complexity index is 314. The highest BCUT2D eigenvalue weighted by molar-refractivity contribution is 5.50. The molecule has 0 aromatic heterocycles. The molecule has 0 amide bonds. The van der Waals surface area contributed by atoms with Crippen LogP contribution in [0.1, 0.15) is 12.5 Å². The molecule has 0 bridgehead atoms. The van der Waals surface area contributed by atoms with Gasteiger partial charge in [0.25, 0.3) is 0 Å². The maximum absolute atomic E-state index is 5.23. The number of ether oxygens (including phenoxy) is 1. The summed E-state index contributed by atoms with van der Waals surface area (Å²) in [7, 11) is 0. The Morgan fingerprint density at radius 3 is 2.62 bits per heavy atom. The van der Waals surface area contributed by atoms with Gasteiger partial charge in [0, 0.05) is 0 Å². The standard InChI is InChI=1S/C12H12O/c1-3-5-11-6-8-12(9-7-11)13-10-4-2/h2-3,5-9H,10H2,1H3/b5-3-. The van der Waals surface area contributed by atoms with E-state index in [1.54, 1.807) is 0 Å². The van der Waals surface area contributed by atoms with Crippen molar-refractivity contribution in [1.29, 1.82) is 0 Å². The number of benzene rings is 1. The Morgan fingerprint density at radius 2 is 2.08 bits per heavy atom. The van der Waals surface area contributed by atoms with E-state index in [2.05, 4.69) is 5.92 Å². The molecule has 1 rings (SSSR count). The Morgan fingerprint density at radius 1 is 1.38 bits per heavy atom. The summed E-state index contributed by atoms with van der Waals surface area (Å²) in [6.45, 7) is 2.31. The first kappa shape index (κ1) is 9.41. The van der Waals surface area contributed by atoms with Crippen molar-refractivity contribution < 1.29 is 4.74 Å². The van der Waals surface area contributed by atoms with Crippen LogP contribution in [-0.4, -0.2) is 6.61 Å². The zero-order valence-corrected chi connectivity index (χ0v) is 7.66. The van der Waals surface area contributed by atoms with Gasteiger partial charge in [-0.3, -0.25) is 0 Å². The Kier molecular flexibility index (Phi) is 3.66. The molecule has 0 saturated carbocycles. The normalized spacial score (nSPS) is 9.85. The molecule has 0 fully saturated rings. The SMILES string of the molecule is C#CCOc1ccc(/C=C\C)cc1. The van der Waals surface area contributed by atoms with Gasteiger partial charge in [0.15, 0.2) is 0 Å². The van der Waals surface area contributed by atoms with E-state index in [9.17, 15) is 0 Å². The predicted octanol–water partition coefficient (Wildman–Crippen LogP) is 2.73. The first-order valence-corrected chi connectivity index (χ1v) is 4.16. The highest BCUT2D eigenvalue weighted by atomic mass is 16.5. The van der Waals surface area contributed by atoms with Crippen LogP contribution in [-0.2, 0) is 0 Å². The molecule has 0 unspecified atom stereocenters. The third-order valence-electron chi connectivity index (χ3n) is 1.56. The van der Waals surface area contributed by atoms with Crippen LogP contribution >= 0.6 is 0 Å². The third-order valence-corrected chi connectivity index (χ3v) is 1.56. The molecule has 0 aliphatic heterocycles. The van der Waals surface area contributed by atoms with Crippen molar-refractivity contribution in [2.45, 2.75) is 6.92 Å². The van der Waals surface area contributed by atoms with Crippen LogP contribution in [0.4, 0.5) is 0 Å². The number of rotatable bonds is 3. The Labute approximate surface area is 79.0 Å². The number of terminal acetylenes is 1. The van der Waals surface area contributed by atoms with Gasteiger partial charge in [-0.25, -0.2) is 0 Å². The maximum Gasteiger partial charge on any atom is 0.148 e. The van der Waals surface area contributed by atoms with Crippen LogP contribution in [0.15, 0.2) is 30.3 Å². The zero-order valence-electron chi connectivity index (χ0n) is 7.66. The molecule has 0 radical (unpaired) electrons. The lowest BCUT2D eigenvalue weighted by Gasteiger charge is -2.01. The van der Waals surface area contributed by atoms with Crippen LogP contribution in [0.3, 0.4) is 0 Å². The van der Waals surface area contributed by atoms with E-state index >= 15 is 0 Å². The molecule has 0 heterocycles. The van der Waals surface area contributed by atoms with Crippen molar-refractivity contribution in [2.24, 2.45) is 0 Å². The van der Waals surface area contributed by atoms with E-state index in [0.29, 0.717) is 6.61 Å². The van der Waals surface area contributed by atoms with Crippen molar-refractivity contribution >= 4 is 6.08 Å². The maximum atomic E-state index is 5.23. The van der Waals surface area contributed by atoms with Gasteiger partial charge in [-0.05, 0) is 24.6 Å². The minimum Gasteiger partial charge on any atom is -0.481 e. The molecule has 1 aromatic carbocycles. The first-order chi connectivity index (χ1) is 6.36. The van der Waals surface area contributed by atoms with Crippen LogP contribution in [0, 0.1) is 12.3 Å². The largest absolute Gasteiger partial charge is 0.481 e. The summed E-state index contributed by atoms with van der Waals surface area (Å²) in [5, 5.41) is 0. The molecular weight excluding hydrogens is 160 g/mol. The van der Waals surface area contributed by atoms with Gasteiger partial charge in [0.2, 0.25) is 0 Å². The molecule has 0 aliphatic carbocycles. The second kappa shape index (κ2) is 5.05. The van der Waals surface area contributed by atoms with Crippen molar-refractivity contribution in [3.63, 3.8) is 0 Å². The highest BCUT2D eigenvalue weighted by Gasteiger charge is 1.90. The van der Waals surface area contributed by atoms with E-state index in [1.807, 2.05) is 43.3 Å². The third kappa shape index (κ3) is 3.04. The fourth-order valence-electron chi connectivity index (χ4n) is 0.993. The van der Waals surface area contributed by atoms with Gasteiger partial charge in [-0.15, -0.1) is 6.42 Å². The summed E-state index contributed by atoms with van der Waals surface area (Å²) in [4.78, 5) is 0. The lowest BCUT2D eigenvalue weighted by molar-refractivity contribution is 0.370. The fraction of sp³-hybridized carbons (Fsp3) is 0.167. The molecule has 0 aliphatic rings. The zero-order chi connectivity index (χ0) is 9.52. The summed E-state index contributed by atoms with van der Waals surface area (Å²) in [5.74, 6) is 3.23. The van der Waals surface area contributed by atoms with Gasteiger partial charge in [-0.2, -0.15) is 0 Å². The van der Waals surface area contributed by atoms with Crippen molar-refractivity contribution in [1.82, 2.24) is 0 Å². The monoisotopic (exact) mass is 172 g/mol. The van der Waals surface area contributed by atoms with Crippen LogP contribution < -0.4 is 4.74 Å². The molecule has 0 saturated heterocycles. The van der Waals surface area contributed by atoms with E-state index in [-0.39, 0.29) is 0 Å². The van der Waals surface area contributed by atoms with Gasteiger partial charge >= 0.3 is 0 Å². The second-order valence-electron chi connectivity index (χ2n) is 2.56. The summed E-state index contributed by atoms with van der Waals surface area (Å²) in [6, 6.07) is 7.80. The minimum atomic E-state index is 0.322. The molecule has 1 heteroatoms. The molecule has 13 heavy (non-hydrogen) atoms. The van der Waals surface area contributed by atoms with Gasteiger partial charge in [0.05, 0.1) is 0 Å². The molecule has 0 atom stereocenters. The quantitative estimate of drug-likeness (QED) is 0.637. The molecule has 66 valence electrons. The summed E-state index contributed by atoms with van der Waals surface area (Å²) in [6.07, 6.45) is 9.10.